The molecule has 136 valence electrons. The fraction of sp³-hybridized carbons (Fsp3) is 0.0588. The lowest BCUT2D eigenvalue weighted by atomic mass is 10.2. The van der Waals surface area contributed by atoms with Crippen LogP contribution in [0.1, 0.15) is 5.56 Å². The minimum Gasteiger partial charge on any atom is -0.489 e. The third-order valence-corrected chi connectivity index (χ3v) is 8.18. The zero-order valence-corrected chi connectivity index (χ0v) is 17.8. The maximum absolute atomic E-state index is 12.6. The molecule has 0 fully saturated rings. The molecule has 4 nitrogen and oxygen atoms in total. The molecule has 1 N–H and O–H groups in total. The second-order valence-corrected chi connectivity index (χ2v) is 9.84. The summed E-state index contributed by atoms with van der Waals surface area (Å²) in [5.74, 6) is 0.544. The van der Waals surface area contributed by atoms with E-state index in [1.807, 2.05) is 30.3 Å². The Balaban J connectivity index is 1.78. The molecule has 0 unspecified atom stereocenters. The van der Waals surface area contributed by atoms with Crippen LogP contribution in [-0.4, -0.2) is 8.42 Å². The lowest BCUT2D eigenvalue weighted by molar-refractivity contribution is 0.306. The van der Waals surface area contributed by atoms with Crippen molar-refractivity contribution in [2.45, 2.75) is 11.5 Å². The summed E-state index contributed by atoms with van der Waals surface area (Å²) in [7, 11) is -3.90. The monoisotopic (exact) mass is 491 g/mol. The number of benzene rings is 2. The standard InChI is InChI=1S/C17H12BrCl2NO3S2/c18-14-15(17(20)25-16(14)19)26(22,23)21-12-7-4-8-13(9-12)24-10-11-5-2-1-3-6-11/h1-9,21H,10H2. The number of hydrogen-bond donors (Lipinski definition) is 1. The Morgan fingerprint density at radius 1 is 1.04 bits per heavy atom. The lowest BCUT2D eigenvalue weighted by Crippen LogP contribution is -2.13. The molecule has 26 heavy (non-hydrogen) atoms. The van der Waals surface area contributed by atoms with Crippen molar-refractivity contribution in [2.75, 3.05) is 4.72 Å². The van der Waals surface area contributed by atoms with Gasteiger partial charge in [0.15, 0.2) is 0 Å². The van der Waals surface area contributed by atoms with Crippen molar-refractivity contribution in [1.82, 2.24) is 0 Å². The molecule has 1 heterocycles. The molecule has 9 heteroatoms. The highest BCUT2D eigenvalue weighted by molar-refractivity contribution is 9.10. The van der Waals surface area contributed by atoms with Crippen molar-refractivity contribution in [3.8, 4) is 5.75 Å². The Kier molecular flexibility index (Phi) is 6.14. The molecular weight excluding hydrogens is 481 g/mol. The molecule has 3 aromatic rings. The van der Waals surface area contributed by atoms with Gasteiger partial charge >= 0.3 is 0 Å². The van der Waals surface area contributed by atoms with Gasteiger partial charge in [0.1, 0.15) is 25.9 Å². The van der Waals surface area contributed by atoms with E-state index in [4.69, 9.17) is 27.9 Å². The van der Waals surface area contributed by atoms with Crippen LogP contribution < -0.4 is 9.46 Å². The van der Waals surface area contributed by atoms with Crippen molar-refractivity contribution in [3.05, 3.63) is 73.3 Å². The van der Waals surface area contributed by atoms with Crippen molar-refractivity contribution in [1.29, 1.82) is 0 Å². The number of anilines is 1. The average Bonchev–Trinajstić information content (AvgIpc) is 2.86. The van der Waals surface area contributed by atoms with Gasteiger partial charge < -0.3 is 4.74 Å². The molecular formula is C17H12BrCl2NO3S2. The van der Waals surface area contributed by atoms with E-state index in [1.54, 1.807) is 24.3 Å². The summed E-state index contributed by atoms with van der Waals surface area (Å²) in [4.78, 5) is -0.0789. The van der Waals surface area contributed by atoms with Crippen molar-refractivity contribution in [3.63, 3.8) is 0 Å². The quantitative estimate of drug-likeness (QED) is 0.445. The minimum atomic E-state index is -3.90. The molecule has 0 amide bonds. The summed E-state index contributed by atoms with van der Waals surface area (Å²) >= 11 is 16.1. The number of nitrogens with one attached hydrogen (secondary N) is 1. The molecule has 0 aliphatic heterocycles. The highest BCUT2D eigenvalue weighted by Crippen LogP contribution is 2.43. The first-order valence-electron chi connectivity index (χ1n) is 7.30. The zero-order chi connectivity index (χ0) is 18.7. The van der Waals surface area contributed by atoms with Gasteiger partial charge in [0.05, 0.1) is 10.2 Å². The maximum atomic E-state index is 12.6. The van der Waals surface area contributed by atoms with E-state index in [0.29, 0.717) is 18.0 Å². The normalized spacial score (nSPS) is 11.3. The fourth-order valence-electron chi connectivity index (χ4n) is 2.17. The van der Waals surface area contributed by atoms with Crippen LogP contribution in [0.15, 0.2) is 64.0 Å². The smallest absolute Gasteiger partial charge is 0.265 e. The highest BCUT2D eigenvalue weighted by atomic mass is 79.9. The molecule has 0 aliphatic carbocycles. The lowest BCUT2D eigenvalue weighted by Gasteiger charge is -2.11. The number of hydrogen-bond acceptors (Lipinski definition) is 4. The average molecular weight is 493 g/mol. The van der Waals surface area contributed by atoms with Crippen molar-refractivity contribution >= 4 is 66.2 Å². The van der Waals surface area contributed by atoms with Gasteiger partial charge in [-0.05, 0) is 33.6 Å². The van der Waals surface area contributed by atoms with E-state index in [0.717, 1.165) is 16.9 Å². The van der Waals surface area contributed by atoms with Crippen LogP contribution in [0.2, 0.25) is 8.67 Å². The predicted molar refractivity (Wildman–Crippen MR) is 110 cm³/mol. The molecule has 0 bridgehead atoms. The van der Waals surface area contributed by atoms with Gasteiger partial charge in [-0.15, -0.1) is 11.3 Å². The number of rotatable bonds is 6. The van der Waals surface area contributed by atoms with Crippen molar-refractivity contribution < 1.29 is 13.2 Å². The Morgan fingerprint density at radius 3 is 2.42 bits per heavy atom. The second-order valence-electron chi connectivity index (χ2n) is 5.20. The number of ether oxygens (including phenoxy) is 1. The topological polar surface area (TPSA) is 55.4 Å². The molecule has 0 spiro atoms. The number of sulfonamides is 1. The van der Waals surface area contributed by atoms with E-state index in [-0.39, 0.29) is 18.0 Å². The molecule has 2 aromatic carbocycles. The summed E-state index contributed by atoms with van der Waals surface area (Å²) in [6.45, 7) is 0.383. The Bertz CT molecular complexity index is 1020. The Labute approximate surface area is 173 Å². The molecule has 0 saturated heterocycles. The van der Waals surface area contributed by atoms with Gasteiger partial charge in [0.25, 0.3) is 10.0 Å². The van der Waals surface area contributed by atoms with E-state index >= 15 is 0 Å². The van der Waals surface area contributed by atoms with Gasteiger partial charge in [-0.1, -0.05) is 59.6 Å². The molecule has 0 radical (unpaired) electrons. The third-order valence-electron chi connectivity index (χ3n) is 3.33. The van der Waals surface area contributed by atoms with Gasteiger partial charge in [-0.25, -0.2) is 8.42 Å². The van der Waals surface area contributed by atoms with Gasteiger partial charge in [-0.3, -0.25) is 4.72 Å². The molecule has 1 aromatic heterocycles. The Hall–Kier alpha value is -1.25. The van der Waals surface area contributed by atoms with Crippen molar-refractivity contribution in [2.24, 2.45) is 0 Å². The van der Waals surface area contributed by atoms with Crippen LogP contribution in [0.5, 0.6) is 5.75 Å². The number of halogens is 3. The first kappa shape index (κ1) is 19.5. The Morgan fingerprint density at radius 2 is 1.77 bits per heavy atom. The minimum absolute atomic E-state index is 0.0789. The number of thiophene rings is 1. The van der Waals surface area contributed by atoms with Crippen LogP contribution in [-0.2, 0) is 16.6 Å². The SMILES string of the molecule is O=S(=O)(Nc1cccc(OCc2ccccc2)c1)c1c(Cl)sc(Cl)c1Br. The van der Waals surface area contributed by atoms with Crippen LogP contribution >= 0.6 is 50.5 Å². The van der Waals surface area contributed by atoms with E-state index in [1.165, 1.54) is 0 Å². The van der Waals surface area contributed by atoms with Crippen LogP contribution in [0, 0.1) is 0 Å². The van der Waals surface area contributed by atoms with E-state index < -0.39 is 10.0 Å². The zero-order valence-electron chi connectivity index (χ0n) is 13.1. The summed E-state index contributed by atoms with van der Waals surface area (Å²) in [5, 5.41) is 0. The second kappa shape index (κ2) is 8.19. The summed E-state index contributed by atoms with van der Waals surface area (Å²) < 4.78 is 34.1. The summed E-state index contributed by atoms with van der Waals surface area (Å²) in [5.41, 5.74) is 1.38. The van der Waals surface area contributed by atoms with Crippen LogP contribution in [0.25, 0.3) is 0 Å². The summed E-state index contributed by atoms with van der Waals surface area (Å²) in [6, 6.07) is 16.4. The first-order valence-corrected chi connectivity index (χ1v) is 11.1. The summed E-state index contributed by atoms with van der Waals surface area (Å²) in [6.07, 6.45) is 0. The third kappa shape index (κ3) is 4.53. The predicted octanol–water partition coefficient (Wildman–Crippen LogP) is 6.20. The van der Waals surface area contributed by atoms with E-state index in [2.05, 4.69) is 20.7 Å². The first-order chi connectivity index (χ1) is 12.4. The molecule has 0 saturated carbocycles. The fourth-order valence-corrected chi connectivity index (χ4v) is 6.77. The largest absolute Gasteiger partial charge is 0.489 e. The van der Waals surface area contributed by atoms with E-state index in [9.17, 15) is 8.42 Å². The van der Waals surface area contributed by atoms with Gasteiger partial charge in [0.2, 0.25) is 0 Å². The maximum Gasteiger partial charge on any atom is 0.265 e. The molecule has 0 atom stereocenters. The van der Waals surface area contributed by atoms with Crippen LogP contribution in [0.4, 0.5) is 5.69 Å². The van der Waals surface area contributed by atoms with Crippen LogP contribution in [0.3, 0.4) is 0 Å². The van der Waals surface area contributed by atoms with Gasteiger partial charge in [-0.2, -0.15) is 0 Å². The van der Waals surface area contributed by atoms with Gasteiger partial charge in [0, 0.05) is 6.07 Å². The molecule has 3 rings (SSSR count). The highest BCUT2D eigenvalue weighted by Gasteiger charge is 2.26. The molecule has 0 aliphatic rings.